The molecule has 0 atom stereocenters. The van der Waals surface area contributed by atoms with Crippen LogP contribution in [0.1, 0.15) is 27.7 Å². The third-order valence-electron chi connectivity index (χ3n) is 1.94. The van der Waals surface area contributed by atoms with Crippen LogP contribution < -0.4 is 0 Å². The number of allylic oxidation sites excluding steroid dienone is 6. The summed E-state index contributed by atoms with van der Waals surface area (Å²) in [4.78, 5) is 0. The van der Waals surface area contributed by atoms with Gasteiger partial charge in [-0.1, -0.05) is 29.4 Å². The van der Waals surface area contributed by atoms with Gasteiger partial charge in [0, 0.05) is 0 Å². The zero-order chi connectivity index (χ0) is 11.4. The normalized spacial score (nSPS) is 13.5. The van der Waals surface area contributed by atoms with Gasteiger partial charge in [0.2, 0.25) is 0 Å². The molecule has 0 N–H and O–H groups in total. The van der Waals surface area contributed by atoms with Gasteiger partial charge in [-0.3, -0.25) is 0 Å². The van der Waals surface area contributed by atoms with Crippen LogP contribution in [0.25, 0.3) is 0 Å². The smallest absolute Gasteiger partial charge is 0.166 e. The Morgan fingerprint density at radius 2 is 1.50 bits per heavy atom. The first-order chi connectivity index (χ1) is 6.29. The lowest BCUT2D eigenvalue weighted by Gasteiger charge is -2.06. The topological polar surface area (TPSA) is 0 Å². The second-order valence-corrected chi connectivity index (χ2v) is 3.26. The van der Waals surface area contributed by atoms with Crippen LogP contribution in [0.4, 0.5) is 13.2 Å². The van der Waals surface area contributed by atoms with Crippen LogP contribution >= 0.6 is 0 Å². The summed E-state index contributed by atoms with van der Waals surface area (Å²) in [5.41, 5.74) is 1.26. The van der Waals surface area contributed by atoms with Crippen LogP contribution in [0.15, 0.2) is 34.9 Å². The first-order valence-electron chi connectivity index (χ1n) is 4.34. The largest absolute Gasteiger partial charge is 0.416 e. The summed E-state index contributed by atoms with van der Waals surface area (Å²) in [7, 11) is 0. The minimum atomic E-state index is -4.26. The van der Waals surface area contributed by atoms with E-state index in [4.69, 9.17) is 0 Å². The summed E-state index contributed by atoms with van der Waals surface area (Å²) >= 11 is 0. The quantitative estimate of drug-likeness (QED) is 0.584. The van der Waals surface area contributed by atoms with Gasteiger partial charge in [-0.2, -0.15) is 13.2 Å². The molecular formula is C11H15F3. The van der Waals surface area contributed by atoms with Gasteiger partial charge in [-0.05, 0) is 27.7 Å². The van der Waals surface area contributed by atoms with Crippen LogP contribution in [0, 0.1) is 0 Å². The Morgan fingerprint density at radius 1 is 1.00 bits per heavy atom. The molecule has 0 rings (SSSR count). The highest BCUT2D eigenvalue weighted by Gasteiger charge is 2.30. The summed E-state index contributed by atoms with van der Waals surface area (Å²) in [5, 5.41) is 0. The van der Waals surface area contributed by atoms with E-state index < -0.39 is 11.7 Å². The second-order valence-electron chi connectivity index (χ2n) is 3.26. The molecule has 0 amide bonds. The molecule has 3 heteroatoms. The van der Waals surface area contributed by atoms with Crippen molar-refractivity contribution in [2.45, 2.75) is 33.9 Å². The van der Waals surface area contributed by atoms with E-state index in [0.29, 0.717) is 0 Å². The van der Waals surface area contributed by atoms with Gasteiger partial charge in [0.25, 0.3) is 0 Å². The summed E-state index contributed by atoms with van der Waals surface area (Å²) < 4.78 is 36.7. The first-order valence-corrected chi connectivity index (χ1v) is 4.34. The fourth-order valence-corrected chi connectivity index (χ4v) is 0.736. The van der Waals surface area contributed by atoms with Crippen molar-refractivity contribution in [2.75, 3.05) is 0 Å². The van der Waals surface area contributed by atoms with Crippen LogP contribution in [-0.4, -0.2) is 6.18 Å². The molecule has 0 bridgehead atoms. The molecular weight excluding hydrogens is 189 g/mol. The van der Waals surface area contributed by atoms with Crippen molar-refractivity contribution >= 4 is 0 Å². The molecule has 0 unspecified atom stereocenters. The molecule has 0 nitrogen and oxygen atoms in total. The number of hydrogen-bond acceptors (Lipinski definition) is 0. The fraction of sp³-hybridized carbons (Fsp3) is 0.455. The predicted octanol–water partition coefficient (Wildman–Crippen LogP) is 4.41. The molecule has 0 aromatic heterocycles. The van der Waals surface area contributed by atoms with Crippen molar-refractivity contribution in [3.05, 3.63) is 34.9 Å². The molecule has 0 radical (unpaired) electrons. The summed E-state index contributed by atoms with van der Waals surface area (Å²) in [6.07, 6.45) is -0.609. The van der Waals surface area contributed by atoms with Crippen molar-refractivity contribution in [3.8, 4) is 0 Å². The number of hydrogen-bond donors (Lipinski definition) is 0. The van der Waals surface area contributed by atoms with Crippen LogP contribution in [0.5, 0.6) is 0 Å². The molecule has 0 aromatic carbocycles. The van der Waals surface area contributed by atoms with Gasteiger partial charge in [0.05, 0.1) is 5.57 Å². The Labute approximate surface area is 82.8 Å². The van der Waals surface area contributed by atoms with E-state index in [1.807, 2.05) is 13.8 Å². The van der Waals surface area contributed by atoms with Crippen molar-refractivity contribution in [1.29, 1.82) is 0 Å². The van der Waals surface area contributed by atoms with Gasteiger partial charge in [0.1, 0.15) is 0 Å². The van der Waals surface area contributed by atoms with E-state index in [1.165, 1.54) is 13.0 Å². The molecule has 0 aliphatic rings. The van der Waals surface area contributed by atoms with E-state index >= 15 is 0 Å². The molecule has 0 heterocycles. The summed E-state index contributed by atoms with van der Waals surface area (Å²) in [6.45, 7) is 6.89. The molecule has 80 valence electrons. The minimum absolute atomic E-state index is 0.613. The van der Waals surface area contributed by atoms with Gasteiger partial charge < -0.3 is 0 Å². The predicted molar refractivity (Wildman–Crippen MR) is 53.0 cm³/mol. The van der Waals surface area contributed by atoms with Gasteiger partial charge >= 0.3 is 6.18 Å². The standard InChI is InChI=1S/C11H15F3/c1-5-10(11(12,13)14)7-6-9(4)8(2)3/h5-7H,1-4H3/b7-6-,10-5+. The summed E-state index contributed by atoms with van der Waals surface area (Å²) in [5.74, 6) is 0. The molecule has 0 fully saturated rings. The molecule has 0 aliphatic carbocycles. The Bertz CT molecular complexity index is 273. The average molecular weight is 204 g/mol. The van der Waals surface area contributed by atoms with Crippen molar-refractivity contribution < 1.29 is 13.2 Å². The highest BCUT2D eigenvalue weighted by atomic mass is 19.4. The number of alkyl halides is 3. The average Bonchev–Trinajstić information content (AvgIpc) is 2.02. The zero-order valence-electron chi connectivity index (χ0n) is 8.87. The maximum atomic E-state index is 12.2. The SMILES string of the molecule is C/C=C(\C=C/C(C)=C(C)C)C(F)(F)F. The third kappa shape index (κ3) is 4.30. The molecule has 0 aliphatic heterocycles. The first kappa shape index (κ1) is 13.0. The lowest BCUT2D eigenvalue weighted by molar-refractivity contribution is -0.0883. The highest BCUT2D eigenvalue weighted by molar-refractivity contribution is 5.31. The molecule has 0 aromatic rings. The Balaban J connectivity index is 4.76. The molecule has 14 heavy (non-hydrogen) atoms. The molecule has 0 spiro atoms. The van der Waals surface area contributed by atoms with Crippen molar-refractivity contribution in [3.63, 3.8) is 0 Å². The fourth-order valence-electron chi connectivity index (χ4n) is 0.736. The maximum absolute atomic E-state index is 12.2. The maximum Gasteiger partial charge on any atom is 0.416 e. The van der Waals surface area contributed by atoms with Gasteiger partial charge in [0.15, 0.2) is 0 Å². The third-order valence-corrected chi connectivity index (χ3v) is 1.94. The second kappa shape index (κ2) is 5.03. The Hall–Kier alpha value is -0.990. The lowest BCUT2D eigenvalue weighted by Crippen LogP contribution is -2.09. The Morgan fingerprint density at radius 3 is 1.79 bits per heavy atom. The zero-order valence-corrected chi connectivity index (χ0v) is 8.87. The number of halogens is 3. The van der Waals surface area contributed by atoms with Crippen molar-refractivity contribution in [1.82, 2.24) is 0 Å². The van der Waals surface area contributed by atoms with Crippen molar-refractivity contribution in [2.24, 2.45) is 0 Å². The van der Waals surface area contributed by atoms with Crippen LogP contribution in [-0.2, 0) is 0 Å². The van der Waals surface area contributed by atoms with E-state index in [2.05, 4.69) is 0 Å². The lowest BCUT2D eigenvalue weighted by atomic mass is 10.1. The van der Waals surface area contributed by atoms with Crippen LogP contribution in [0.2, 0.25) is 0 Å². The minimum Gasteiger partial charge on any atom is -0.166 e. The van der Waals surface area contributed by atoms with E-state index in [9.17, 15) is 13.2 Å². The van der Waals surface area contributed by atoms with E-state index in [1.54, 1.807) is 6.92 Å². The van der Waals surface area contributed by atoms with E-state index in [0.717, 1.165) is 23.3 Å². The Kier molecular flexibility index (Phi) is 4.68. The highest BCUT2D eigenvalue weighted by Crippen LogP contribution is 2.26. The van der Waals surface area contributed by atoms with Gasteiger partial charge in [-0.25, -0.2) is 0 Å². The monoisotopic (exact) mass is 204 g/mol. The number of rotatable bonds is 2. The molecule has 0 saturated heterocycles. The van der Waals surface area contributed by atoms with Gasteiger partial charge in [-0.15, -0.1) is 0 Å². The van der Waals surface area contributed by atoms with E-state index in [-0.39, 0.29) is 0 Å². The molecule has 0 saturated carbocycles. The summed E-state index contributed by atoms with van der Waals surface area (Å²) in [6, 6.07) is 0. The van der Waals surface area contributed by atoms with Crippen LogP contribution in [0.3, 0.4) is 0 Å².